The van der Waals surface area contributed by atoms with Crippen molar-refractivity contribution < 1.29 is 0 Å². The van der Waals surface area contributed by atoms with Gasteiger partial charge in [0.1, 0.15) is 0 Å². The zero-order valence-electron chi connectivity index (χ0n) is 10.8. The maximum atomic E-state index is 4.50. The summed E-state index contributed by atoms with van der Waals surface area (Å²) in [6.45, 7) is 13.4. The highest BCUT2D eigenvalue weighted by Gasteiger charge is 2.16. The summed E-state index contributed by atoms with van der Waals surface area (Å²) < 4.78 is 0. The van der Waals surface area contributed by atoms with E-state index in [0.29, 0.717) is 6.04 Å². The lowest BCUT2D eigenvalue weighted by Crippen LogP contribution is -2.20. The maximum Gasteiger partial charge on any atom is 0.0900 e. The van der Waals surface area contributed by atoms with Crippen LogP contribution in [0.4, 0.5) is 0 Å². The number of aryl methyl sites for hydroxylation is 2. The second kappa shape index (κ2) is 6.16. The Hall–Kier alpha value is -0.670. The lowest BCUT2D eigenvalue weighted by molar-refractivity contribution is 0.519. The largest absolute Gasteiger partial charge is 0.309 e. The van der Waals surface area contributed by atoms with Crippen molar-refractivity contribution in [2.75, 3.05) is 6.54 Å². The van der Waals surface area contributed by atoms with Crippen molar-refractivity contribution in [3.8, 4) is 0 Å². The van der Waals surface area contributed by atoms with E-state index in [2.05, 4.69) is 44.6 Å². The van der Waals surface area contributed by atoms with E-state index in [9.17, 15) is 0 Å². The first-order chi connectivity index (χ1) is 7.54. The Morgan fingerprint density at radius 1 is 1.50 bits per heavy atom. The average Bonchev–Trinajstić information content (AvgIpc) is 2.52. The second-order valence-corrected chi connectivity index (χ2v) is 5.52. The van der Waals surface area contributed by atoms with Gasteiger partial charge in [-0.25, -0.2) is 4.98 Å². The van der Waals surface area contributed by atoms with E-state index >= 15 is 0 Å². The monoisotopic (exact) mass is 238 g/mol. The van der Waals surface area contributed by atoms with Gasteiger partial charge < -0.3 is 5.32 Å². The van der Waals surface area contributed by atoms with Crippen molar-refractivity contribution in [2.45, 2.75) is 46.6 Å². The van der Waals surface area contributed by atoms with Crippen LogP contribution in [0.25, 0.3) is 0 Å². The number of aromatic nitrogens is 1. The molecule has 0 aromatic carbocycles. The number of hydrogen-bond acceptors (Lipinski definition) is 3. The highest BCUT2D eigenvalue weighted by atomic mass is 32.1. The first-order valence-electron chi connectivity index (χ1n) is 5.86. The van der Waals surface area contributed by atoms with Crippen LogP contribution in [-0.4, -0.2) is 11.5 Å². The van der Waals surface area contributed by atoms with Crippen molar-refractivity contribution in [2.24, 2.45) is 0 Å². The number of thiazole rings is 1. The van der Waals surface area contributed by atoms with Crippen LogP contribution in [0, 0.1) is 13.8 Å². The Bertz CT molecular complexity index is 355. The molecule has 0 aliphatic rings. The summed E-state index contributed by atoms with van der Waals surface area (Å²) in [7, 11) is 0. The third-order valence-corrected chi connectivity index (χ3v) is 3.75. The molecule has 0 radical (unpaired) electrons. The van der Waals surface area contributed by atoms with E-state index < -0.39 is 0 Å². The average molecular weight is 238 g/mol. The van der Waals surface area contributed by atoms with E-state index in [1.54, 1.807) is 0 Å². The lowest BCUT2D eigenvalue weighted by atomic mass is 10.1. The number of rotatable bonds is 6. The van der Waals surface area contributed by atoms with Crippen molar-refractivity contribution in [3.05, 3.63) is 27.7 Å². The van der Waals surface area contributed by atoms with Crippen LogP contribution in [0.15, 0.2) is 12.2 Å². The topological polar surface area (TPSA) is 24.9 Å². The van der Waals surface area contributed by atoms with Gasteiger partial charge >= 0.3 is 0 Å². The van der Waals surface area contributed by atoms with Crippen LogP contribution in [0.1, 0.15) is 48.3 Å². The van der Waals surface area contributed by atoms with Gasteiger partial charge in [0.25, 0.3) is 0 Å². The fraction of sp³-hybridized carbons (Fsp3) is 0.615. The molecule has 1 heterocycles. The molecular formula is C13H22N2S. The molecule has 16 heavy (non-hydrogen) atoms. The quantitative estimate of drug-likeness (QED) is 0.763. The van der Waals surface area contributed by atoms with Crippen LogP contribution in [0.5, 0.6) is 0 Å². The van der Waals surface area contributed by atoms with Gasteiger partial charge in [0.05, 0.1) is 10.7 Å². The second-order valence-electron chi connectivity index (χ2n) is 4.29. The standard InChI is InChI=1S/C13H22N2S/c1-6-14-12(8-7-9(2)3)13-10(4)15-11(5)16-13/h12,14H,2,6-8H2,1,3-5H3. The molecule has 0 saturated carbocycles. The zero-order chi connectivity index (χ0) is 12.1. The Kier molecular flexibility index (Phi) is 5.16. The Balaban J connectivity index is 2.76. The fourth-order valence-corrected chi connectivity index (χ4v) is 2.87. The first kappa shape index (κ1) is 13.4. The highest BCUT2D eigenvalue weighted by Crippen LogP contribution is 2.28. The van der Waals surface area contributed by atoms with Gasteiger partial charge in [0.15, 0.2) is 0 Å². The fourth-order valence-electron chi connectivity index (χ4n) is 1.83. The summed E-state index contributed by atoms with van der Waals surface area (Å²) >= 11 is 1.81. The van der Waals surface area contributed by atoms with Crippen LogP contribution in [-0.2, 0) is 0 Å². The number of nitrogens with zero attached hydrogens (tertiary/aromatic N) is 1. The predicted molar refractivity (Wildman–Crippen MR) is 72.1 cm³/mol. The minimum atomic E-state index is 0.438. The van der Waals surface area contributed by atoms with Crippen LogP contribution < -0.4 is 5.32 Å². The number of hydrogen-bond donors (Lipinski definition) is 1. The number of nitrogens with one attached hydrogen (secondary N) is 1. The summed E-state index contributed by atoms with van der Waals surface area (Å²) in [6, 6.07) is 0.438. The Morgan fingerprint density at radius 3 is 2.62 bits per heavy atom. The Morgan fingerprint density at radius 2 is 2.19 bits per heavy atom. The van der Waals surface area contributed by atoms with E-state index in [1.165, 1.54) is 16.1 Å². The van der Waals surface area contributed by atoms with Crippen molar-refractivity contribution in [3.63, 3.8) is 0 Å². The van der Waals surface area contributed by atoms with Gasteiger partial charge in [-0.3, -0.25) is 0 Å². The molecular weight excluding hydrogens is 216 g/mol. The van der Waals surface area contributed by atoms with Crippen molar-refractivity contribution in [1.29, 1.82) is 0 Å². The molecule has 1 N–H and O–H groups in total. The smallest absolute Gasteiger partial charge is 0.0900 e. The summed E-state index contributed by atoms with van der Waals surface area (Å²) in [5, 5.41) is 4.70. The Labute approximate surface area is 103 Å². The third kappa shape index (κ3) is 3.72. The molecule has 0 spiro atoms. The molecule has 0 saturated heterocycles. The summed E-state index contributed by atoms with van der Waals surface area (Å²) in [4.78, 5) is 5.89. The van der Waals surface area contributed by atoms with Crippen molar-refractivity contribution >= 4 is 11.3 Å². The predicted octanol–water partition coefficient (Wildman–Crippen LogP) is 3.77. The van der Waals surface area contributed by atoms with Gasteiger partial charge in [-0.05, 0) is 40.2 Å². The minimum Gasteiger partial charge on any atom is -0.309 e. The van der Waals surface area contributed by atoms with E-state index in [-0.39, 0.29) is 0 Å². The molecule has 0 amide bonds. The molecule has 1 rings (SSSR count). The van der Waals surface area contributed by atoms with Crippen LogP contribution >= 0.6 is 11.3 Å². The molecule has 1 aromatic heterocycles. The van der Waals surface area contributed by atoms with Gasteiger partial charge in [-0.15, -0.1) is 17.9 Å². The molecule has 1 atom stereocenters. The van der Waals surface area contributed by atoms with E-state index in [4.69, 9.17) is 0 Å². The van der Waals surface area contributed by atoms with Crippen LogP contribution in [0.3, 0.4) is 0 Å². The third-order valence-electron chi connectivity index (χ3n) is 2.57. The molecule has 1 aromatic rings. The molecule has 3 heteroatoms. The summed E-state index contributed by atoms with van der Waals surface area (Å²) in [6.07, 6.45) is 2.19. The molecule has 1 unspecified atom stereocenters. The normalized spacial score (nSPS) is 12.8. The van der Waals surface area contributed by atoms with Crippen LogP contribution in [0.2, 0.25) is 0 Å². The molecule has 90 valence electrons. The first-order valence-corrected chi connectivity index (χ1v) is 6.68. The lowest BCUT2D eigenvalue weighted by Gasteiger charge is -2.16. The highest BCUT2D eigenvalue weighted by molar-refractivity contribution is 7.11. The summed E-state index contributed by atoms with van der Waals surface area (Å²) in [5.74, 6) is 0. The molecule has 2 nitrogen and oxygen atoms in total. The molecule has 0 fully saturated rings. The maximum absolute atomic E-state index is 4.50. The van der Waals surface area contributed by atoms with Gasteiger partial charge in [0, 0.05) is 10.9 Å². The van der Waals surface area contributed by atoms with Gasteiger partial charge in [-0.2, -0.15) is 0 Å². The van der Waals surface area contributed by atoms with Crippen molar-refractivity contribution in [1.82, 2.24) is 10.3 Å². The van der Waals surface area contributed by atoms with E-state index in [1.807, 2.05) is 11.3 Å². The SMILES string of the molecule is C=C(C)CCC(NCC)c1sc(C)nc1C. The number of allylic oxidation sites excluding steroid dienone is 1. The summed E-state index contributed by atoms with van der Waals surface area (Å²) in [5.41, 5.74) is 2.43. The minimum absolute atomic E-state index is 0.438. The molecule has 0 bridgehead atoms. The van der Waals surface area contributed by atoms with Gasteiger partial charge in [-0.1, -0.05) is 12.5 Å². The van der Waals surface area contributed by atoms with E-state index in [0.717, 1.165) is 24.4 Å². The molecule has 0 aliphatic carbocycles. The molecule has 0 aliphatic heterocycles. The van der Waals surface area contributed by atoms with Gasteiger partial charge in [0.2, 0.25) is 0 Å². The zero-order valence-corrected chi connectivity index (χ0v) is 11.6.